The number of hydrogen-bond acceptors (Lipinski definition) is 28. The molecule has 16 atom stereocenters. The van der Waals surface area contributed by atoms with Gasteiger partial charge in [-0.2, -0.15) is 13.6 Å². The largest absolute Gasteiger partial charge is 0.490 e. The van der Waals surface area contributed by atoms with Crippen molar-refractivity contribution in [3.63, 3.8) is 0 Å². The van der Waals surface area contributed by atoms with Crippen molar-refractivity contribution >= 4 is 88.3 Å². The first kappa shape index (κ1) is 56.9. The molecule has 4 unspecified atom stereocenters. The number of amides is 2. The van der Waals surface area contributed by atoms with Gasteiger partial charge in [-0.1, -0.05) is 4.98 Å². The van der Waals surface area contributed by atoms with Crippen LogP contribution >= 0.6 is 31.1 Å². The number of aryl methyl sites for hydroxylation is 1. The first-order chi connectivity index (χ1) is 36.6. The third-order valence-corrected chi connectivity index (χ3v) is 18.6. The molecule has 44 heteroatoms. The van der Waals surface area contributed by atoms with Crippen LogP contribution in [0.15, 0.2) is 34.9 Å². The van der Waals surface area contributed by atoms with Gasteiger partial charge in [0, 0.05) is 19.6 Å². The molecule has 0 radical (unpaired) electrons. The summed E-state index contributed by atoms with van der Waals surface area (Å²) < 4.78 is 106. The number of nitrogens with one attached hydrogen (secondary N) is 3. The molecule has 3 aliphatic rings. The quantitative estimate of drug-likeness (QED) is 0.0252. The van der Waals surface area contributed by atoms with Crippen LogP contribution in [0.4, 0.5) is 22.5 Å². The van der Waals surface area contributed by atoms with E-state index in [1.165, 1.54) is 27.1 Å². The van der Waals surface area contributed by atoms with Crippen molar-refractivity contribution in [3.05, 3.63) is 46.0 Å². The molecule has 9 rings (SSSR count). The number of aromatic amines is 2. The number of aliphatic hydroxyl groups is 3. The summed E-state index contributed by atoms with van der Waals surface area (Å²) in [4.78, 5) is 109. The molecule has 6 aromatic heterocycles. The van der Waals surface area contributed by atoms with Crippen molar-refractivity contribution < 1.29 is 104 Å². The maximum atomic E-state index is 14.4. The standard InChI is InChI=1S/C34H47N17O23P4/c1-48-10-51(26-17(48)28(56)47-33(37)45-26)29-18(52)11(3-39-34(38)57)12(70-29)4-68-76(60,61)73-78(64,65)74-77(62,63)69-6-14-22(21(66-2)31(72-14)49-8-42-15-23(35)40-7-41-24(15)49)75(58,59)67-5-13-19(53)20(54)30(71-13)50-9-43-16-25(50)44-32(36)46-27(16)55/h7-14,18-22,29-31,52-54H,3-6H2,1-2H3,(H14-,35,36,37,38,39,40,41,44,45,46,47,55,56,57,58,59,60,61,62,63,64,65)/p+1/t11-,12-,13-,14-,18-,19-,20-,21-,22-,29-,30-,31-/m1/s1. The SMILES string of the molecule is CO[C@@H]1[C@H](P(=O)(O)OC[C@H]2O[C@@H](n3cnc4c(=O)[nH]c(N)nc43)[C@H](O)[C@@H]2O)[C@@H](COP(=O)(O)OP(=O)(O)OP(=O)(O)OC[C@H]2O[C@@H]([n+]3cn(C)c4c(=O)[nH]c(N)nc43)[C@H](O)[C@@H]2CNC(N)=O)O[C@H]1n1cnc2c(N)ncnc21. The fourth-order valence-electron chi connectivity index (χ4n) is 9.05. The summed E-state index contributed by atoms with van der Waals surface area (Å²) in [5.74, 6) is -1.98. The Kier molecular flexibility index (Phi) is 15.6. The number of primary amides is 1. The highest BCUT2D eigenvalue weighted by Gasteiger charge is 2.58. The second-order valence-electron chi connectivity index (χ2n) is 17.4. The molecular formula is C34H48N17O23P4+. The van der Waals surface area contributed by atoms with E-state index in [0.717, 1.165) is 30.7 Å². The Morgan fingerprint density at radius 2 is 1.36 bits per heavy atom. The number of aromatic nitrogens is 12. The lowest BCUT2D eigenvalue weighted by Gasteiger charge is -2.28. The summed E-state index contributed by atoms with van der Waals surface area (Å²) in [5, 5.41) is 35.5. The predicted molar refractivity (Wildman–Crippen MR) is 253 cm³/mol. The van der Waals surface area contributed by atoms with Crippen LogP contribution in [0.1, 0.15) is 18.7 Å². The van der Waals surface area contributed by atoms with Gasteiger partial charge in [0.15, 0.2) is 41.4 Å². The molecule has 3 fully saturated rings. The normalized spacial score (nSPS) is 29.7. The lowest BCUT2D eigenvalue weighted by molar-refractivity contribution is -0.745. The number of urea groups is 1. The van der Waals surface area contributed by atoms with E-state index in [1.54, 1.807) is 0 Å². The number of nitrogens with two attached hydrogens (primary N) is 4. The van der Waals surface area contributed by atoms with E-state index in [0.29, 0.717) is 0 Å². The van der Waals surface area contributed by atoms with E-state index in [4.69, 9.17) is 55.5 Å². The van der Waals surface area contributed by atoms with Gasteiger partial charge in [-0.25, -0.2) is 43.0 Å². The fourth-order valence-corrected chi connectivity index (χ4v) is 14.3. The summed E-state index contributed by atoms with van der Waals surface area (Å²) in [6, 6.07) is -1.06. The number of rotatable bonds is 20. The number of nitrogens with zero attached hydrogens (tertiary/aromatic N) is 10. The fraction of sp³-hybridized carbons (Fsp3) is 0.529. The van der Waals surface area contributed by atoms with Gasteiger partial charge < -0.3 is 86.6 Å². The topological polar surface area (TPSA) is 588 Å². The van der Waals surface area contributed by atoms with Crippen molar-refractivity contribution in [3.8, 4) is 0 Å². The number of phosphoric acid groups is 3. The van der Waals surface area contributed by atoms with E-state index in [1.807, 2.05) is 0 Å². The van der Waals surface area contributed by atoms with E-state index in [2.05, 4.69) is 53.8 Å². The molecular weight excluding hydrogens is 1140 g/mol. The van der Waals surface area contributed by atoms with Crippen LogP contribution in [0.5, 0.6) is 0 Å². The van der Waals surface area contributed by atoms with Gasteiger partial charge in [0.25, 0.3) is 17.1 Å². The number of nitrogen functional groups attached to an aromatic ring is 3. The van der Waals surface area contributed by atoms with Crippen molar-refractivity contribution in [2.24, 2.45) is 18.7 Å². The zero-order valence-electron chi connectivity index (χ0n) is 39.8. The summed E-state index contributed by atoms with van der Waals surface area (Å²) in [6.07, 6.45) is -11.9. The molecule has 6 aromatic rings. The number of methoxy groups -OCH3 is 1. The number of aliphatic hydroxyl groups excluding tert-OH is 3. The lowest BCUT2D eigenvalue weighted by Crippen LogP contribution is -2.47. The van der Waals surface area contributed by atoms with Gasteiger partial charge in [-0.05, 0) is 0 Å². The minimum atomic E-state index is -6.25. The first-order valence-electron chi connectivity index (χ1n) is 22.2. The van der Waals surface area contributed by atoms with E-state index >= 15 is 0 Å². The molecule has 0 saturated carbocycles. The Hall–Kier alpha value is -5.80. The number of H-pyrrole nitrogens is 2. The number of carbonyl (C=O) groups is 1. The Morgan fingerprint density at radius 3 is 2.03 bits per heavy atom. The summed E-state index contributed by atoms with van der Waals surface area (Å²) in [5.41, 5.74) is 18.7. The van der Waals surface area contributed by atoms with Gasteiger partial charge in [0.2, 0.25) is 17.7 Å². The molecule has 2 amide bonds. The molecule has 3 saturated heterocycles. The van der Waals surface area contributed by atoms with Crippen molar-refractivity contribution in [1.29, 1.82) is 0 Å². The third kappa shape index (κ3) is 11.2. The van der Waals surface area contributed by atoms with Crippen LogP contribution in [0, 0.1) is 5.92 Å². The Balaban J connectivity index is 0.893. The Labute approximate surface area is 432 Å². The molecule has 3 aliphatic heterocycles. The first-order valence-corrected chi connectivity index (χ1v) is 28.4. The average molecular weight is 1190 g/mol. The predicted octanol–water partition coefficient (Wildman–Crippen LogP) is -4.72. The summed E-state index contributed by atoms with van der Waals surface area (Å²) in [6.45, 7) is -3.83. The Morgan fingerprint density at radius 1 is 0.756 bits per heavy atom. The van der Waals surface area contributed by atoms with Crippen molar-refractivity contribution in [2.75, 3.05) is 50.7 Å². The highest BCUT2D eigenvalue weighted by Crippen LogP contribution is 2.68. The van der Waals surface area contributed by atoms with Crippen LogP contribution < -0.4 is 43.9 Å². The zero-order chi connectivity index (χ0) is 56.6. The monoisotopic (exact) mass is 1190 g/mol. The second-order valence-corrected chi connectivity index (χ2v) is 24.0. The smallest absolute Gasteiger partial charge is 0.387 e. The minimum Gasteiger partial charge on any atom is -0.387 e. The number of fused-ring (bicyclic) bond motifs is 3. The number of carbonyl (C=O) groups excluding carboxylic acids is 1. The molecule has 0 spiro atoms. The number of phosphoric ester groups is 2. The second kappa shape index (κ2) is 21.3. The highest BCUT2D eigenvalue weighted by atomic mass is 31.3. The number of ether oxygens (including phenoxy) is 4. The van der Waals surface area contributed by atoms with Gasteiger partial charge in [0.05, 0.1) is 45.6 Å². The zero-order valence-corrected chi connectivity index (χ0v) is 43.4. The number of imidazole rings is 3. The van der Waals surface area contributed by atoms with Crippen LogP contribution in [0.2, 0.25) is 0 Å². The molecule has 0 aliphatic carbocycles. The molecule has 18 N–H and O–H groups in total. The molecule has 426 valence electrons. The molecule has 40 nitrogen and oxygen atoms in total. The third-order valence-electron chi connectivity index (χ3n) is 12.4. The number of hydrogen-bond donors (Lipinski definition) is 14. The molecule has 78 heavy (non-hydrogen) atoms. The van der Waals surface area contributed by atoms with Crippen LogP contribution in [-0.4, -0.2) is 176 Å². The van der Waals surface area contributed by atoms with Crippen LogP contribution in [-0.2, 0) is 66.4 Å². The van der Waals surface area contributed by atoms with E-state index < -0.39 is 148 Å². The van der Waals surface area contributed by atoms with Gasteiger partial charge in [0.1, 0.15) is 54.1 Å². The highest BCUT2D eigenvalue weighted by molar-refractivity contribution is 7.66. The summed E-state index contributed by atoms with van der Waals surface area (Å²) >= 11 is 0. The molecule has 0 bridgehead atoms. The maximum Gasteiger partial charge on any atom is 0.490 e. The number of anilines is 3. The lowest BCUT2D eigenvalue weighted by atomic mass is 9.98. The van der Waals surface area contributed by atoms with Crippen molar-refractivity contribution in [2.45, 2.75) is 67.1 Å². The van der Waals surface area contributed by atoms with Crippen molar-refractivity contribution in [1.82, 2.24) is 58.9 Å². The molecule has 0 aromatic carbocycles. The van der Waals surface area contributed by atoms with E-state index in [-0.39, 0.29) is 51.2 Å². The summed E-state index contributed by atoms with van der Waals surface area (Å²) in [7, 11) is -21.0. The van der Waals surface area contributed by atoms with Gasteiger partial charge >= 0.3 is 42.7 Å². The molecule has 9 heterocycles. The average Bonchev–Trinajstić information content (AvgIpc) is 4.41. The Bertz CT molecular complexity index is 3600. The van der Waals surface area contributed by atoms with Crippen LogP contribution in [0.25, 0.3) is 33.5 Å². The maximum absolute atomic E-state index is 14.4. The minimum absolute atomic E-state index is 0.0146. The van der Waals surface area contributed by atoms with Gasteiger partial charge in [-0.15, -0.1) is 0 Å². The van der Waals surface area contributed by atoms with Crippen LogP contribution in [0.3, 0.4) is 0 Å². The van der Waals surface area contributed by atoms with E-state index in [9.17, 15) is 67.5 Å². The van der Waals surface area contributed by atoms with Gasteiger partial charge in [-0.3, -0.25) is 46.9 Å².